The third-order valence-electron chi connectivity index (χ3n) is 3.15. The lowest BCUT2D eigenvalue weighted by Gasteiger charge is -2.21. The lowest BCUT2D eigenvalue weighted by molar-refractivity contribution is -0.124. The fourth-order valence-corrected chi connectivity index (χ4v) is 2.60. The van der Waals surface area contributed by atoms with Crippen LogP contribution in [0.15, 0.2) is 48.8 Å². The molecule has 1 N–H and O–H groups in total. The van der Waals surface area contributed by atoms with Crippen molar-refractivity contribution in [3.8, 4) is 0 Å². The predicted molar refractivity (Wildman–Crippen MR) is 82.6 cm³/mol. The van der Waals surface area contributed by atoms with Crippen molar-refractivity contribution in [1.29, 1.82) is 0 Å². The molecular formula is C15H19N3OS. The van der Waals surface area contributed by atoms with Gasteiger partial charge in [0.15, 0.2) is 0 Å². The van der Waals surface area contributed by atoms with Gasteiger partial charge in [0.1, 0.15) is 6.04 Å². The molecule has 2 unspecified atom stereocenters. The highest BCUT2D eigenvalue weighted by Gasteiger charge is 2.19. The summed E-state index contributed by atoms with van der Waals surface area (Å²) in [5.41, 5.74) is 1.13. The third-order valence-corrected chi connectivity index (χ3v) is 3.82. The molecule has 4 nitrogen and oxygen atoms in total. The maximum atomic E-state index is 12.3. The molecule has 0 aliphatic rings. The summed E-state index contributed by atoms with van der Waals surface area (Å²) >= 11 is 1.72. The van der Waals surface area contributed by atoms with E-state index in [9.17, 15) is 4.79 Å². The van der Waals surface area contributed by atoms with Gasteiger partial charge in [-0.05, 0) is 24.8 Å². The van der Waals surface area contributed by atoms with Crippen molar-refractivity contribution in [1.82, 2.24) is 15.1 Å². The summed E-state index contributed by atoms with van der Waals surface area (Å²) < 4.78 is 1.66. The number of carbonyl (C=O) groups is 1. The van der Waals surface area contributed by atoms with E-state index in [0.29, 0.717) is 0 Å². The van der Waals surface area contributed by atoms with Crippen LogP contribution in [0.1, 0.15) is 24.6 Å². The second-order valence-electron chi connectivity index (χ2n) is 4.59. The SMILES string of the molecule is CSCC(NC(=O)C(C)n1cccn1)c1ccccc1. The van der Waals surface area contributed by atoms with Gasteiger partial charge in [-0.25, -0.2) is 0 Å². The molecule has 0 saturated carbocycles. The van der Waals surface area contributed by atoms with E-state index in [-0.39, 0.29) is 18.0 Å². The predicted octanol–water partition coefficient (Wildman–Crippen LogP) is 2.66. The van der Waals surface area contributed by atoms with E-state index in [1.54, 1.807) is 28.8 Å². The zero-order valence-electron chi connectivity index (χ0n) is 11.7. The maximum Gasteiger partial charge on any atom is 0.245 e. The Kier molecular flexibility index (Phi) is 5.24. The van der Waals surface area contributed by atoms with Crippen LogP contribution in [0.3, 0.4) is 0 Å². The number of aromatic nitrogens is 2. The molecule has 106 valence electrons. The quantitative estimate of drug-likeness (QED) is 0.889. The number of hydrogen-bond donors (Lipinski definition) is 1. The number of rotatable bonds is 6. The first-order valence-corrected chi connectivity index (χ1v) is 7.95. The van der Waals surface area contributed by atoms with Gasteiger partial charge in [-0.3, -0.25) is 9.48 Å². The lowest BCUT2D eigenvalue weighted by Crippen LogP contribution is -2.35. The summed E-state index contributed by atoms with van der Waals surface area (Å²) in [6.07, 6.45) is 5.52. The van der Waals surface area contributed by atoms with Crippen molar-refractivity contribution >= 4 is 17.7 Å². The zero-order valence-corrected chi connectivity index (χ0v) is 12.5. The number of thioether (sulfide) groups is 1. The van der Waals surface area contributed by atoms with E-state index < -0.39 is 0 Å². The molecule has 2 aromatic rings. The van der Waals surface area contributed by atoms with Crippen molar-refractivity contribution in [2.24, 2.45) is 0 Å². The van der Waals surface area contributed by atoms with E-state index >= 15 is 0 Å². The zero-order chi connectivity index (χ0) is 14.4. The smallest absolute Gasteiger partial charge is 0.245 e. The number of amides is 1. The standard InChI is InChI=1S/C15H19N3OS/c1-12(18-10-6-9-16-18)15(19)17-14(11-20-2)13-7-4-3-5-8-13/h3-10,12,14H,11H2,1-2H3,(H,17,19). The Hall–Kier alpha value is -1.75. The molecule has 5 heteroatoms. The van der Waals surface area contributed by atoms with Crippen molar-refractivity contribution in [3.05, 3.63) is 54.4 Å². The van der Waals surface area contributed by atoms with E-state index in [4.69, 9.17) is 0 Å². The fraction of sp³-hybridized carbons (Fsp3) is 0.333. The molecule has 1 aromatic carbocycles. The molecule has 0 aliphatic carbocycles. The Balaban J connectivity index is 2.06. The summed E-state index contributed by atoms with van der Waals surface area (Å²) in [6.45, 7) is 1.85. The second kappa shape index (κ2) is 7.14. The van der Waals surface area contributed by atoms with Gasteiger partial charge in [-0.15, -0.1) is 0 Å². The van der Waals surface area contributed by atoms with E-state index in [0.717, 1.165) is 11.3 Å². The van der Waals surface area contributed by atoms with Crippen molar-refractivity contribution in [3.63, 3.8) is 0 Å². The molecule has 0 fully saturated rings. The molecule has 1 heterocycles. The monoisotopic (exact) mass is 289 g/mol. The van der Waals surface area contributed by atoms with Crippen molar-refractivity contribution in [2.75, 3.05) is 12.0 Å². The first-order valence-electron chi connectivity index (χ1n) is 6.55. The van der Waals surface area contributed by atoms with Crippen LogP contribution in [0.5, 0.6) is 0 Å². The minimum Gasteiger partial charge on any atom is -0.347 e. The number of nitrogens with one attached hydrogen (secondary N) is 1. The van der Waals surface area contributed by atoms with Crippen LogP contribution >= 0.6 is 11.8 Å². The van der Waals surface area contributed by atoms with Crippen molar-refractivity contribution in [2.45, 2.75) is 19.0 Å². The topological polar surface area (TPSA) is 46.9 Å². The Morgan fingerprint density at radius 1 is 1.35 bits per heavy atom. The Morgan fingerprint density at radius 2 is 2.10 bits per heavy atom. The summed E-state index contributed by atoms with van der Waals surface area (Å²) in [4.78, 5) is 12.3. The van der Waals surface area contributed by atoms with Crippen LogP contribution in [-0.4, -0.2) is 27.7 Å². The van der Waals surface area contributed by atoms with Crippen LogP contribution in [0.25, 0.3) is 0 Å². The van der Waals surface area contributed by atoms with Gasteiger partial charge < -0.3 is 5.32 Å². The number of hydrogen-bond acceptors (Lipinski definition) is 3. The van der Waals surface area contributed by atoms with E-state index in [1.807, 2.05) is 49.6 Å². The summed E-state index contributed by atoms with van der Waals surface area (Å²) in [5.74, 6) is 0.832. The van der Waals surface area contributed by atoms with Gasteiger partial charge in [0, 0.05) is 18.1 Å². The van der Waals surface area contributed by atoms with Crippen LogP contribution in [0.2, 0.25) is 0 Å². The molecular weight excluding hydrogens is 270 g/mol. The van der Waals surface area contributed by atoms with Crippen LogP contribution < -0.4 is 5.32 Å². The average molecular weight is 289 g/mol. The summed E-state index contributed by atoms with van der Waals surface area (Å²) in [6, 6.07) is 11.6. The van der Waals surface area contributed by atoms with Crippen LogP contribution in [-0.2, 0) is 4.79 Å². The van der Waals surface area contributed by atoms with Gasteiger partial charge in [0.25, 0.3) is 0 Å². The lowest BCUT2D eigenvalue weighted by atomic mass is 10.1. The minimum atomic E-state index is -0.307. The average Bonchev–Trinajstić information content (AvgIpc) is 3.01. The maximum absolute atomic E-state index is 12.3. The molecule has 0 saturated heterocycles. The highest BCUT2D eigenvalue weighted by Crippen LogP contribution is 2.18. The fourth-order valence-electron chi connectivity index (χ4n) is 2.00. The van der Waals surface area contributed by atoms with Gasteiger partial charge in [-0.1, -0.05) is 30.3 Å². The van der Waals surface area contributed by atoms with Crippen LogP contribution in [0.4, 0.5) is 0 Å². The van der Waals surface area contributed by atoms with Gasteiger partial charge in [0.05, 0.1) is 6.04 Å². The van der Waals surface area contributed by atoms with Crippen molar-refractivity contribution < 1.29 is 4.79 Å². The van der Waals surface area contributed by atoms with Gasteiger partial charge in [-0.2, -0.15) is 16.9 Å². The molecule has 2 atom stereocenters. The Morgan fingerprint density at radius 3 is 2.70 bits per heavy atom. The number of carbonyl (C=O) groups excluding carboxylic acids is 1. The molecule has 0 bridgehead atoms. The molecule has 20 heavy (non-hydrogen) atoms. The molecule has 0 aliphatic heterocycles. The summed E-state index contributed by atoms with van der Waals surface area (Å²) in [5, 5.41) is 7.22. The second-order valence-corrected chi connectivity index (χ2v) is 5.50. The molecule has 1 aromatic heterocycles. The van der Waals surface area contributed by atoms with Gasteiger partial charge in [0.2, 0.25) is 5.91 Å². The first-order chi connectivity index (χ1) is 9.72. The number of nitrogens with zero attached hydrogens (tertiary/aromatic N) is 2. The Labute approximate surface area is 123 Å². The molecule has 1 amide bonds. The van der Waals surface area contributed by atoms with E-state index in [1.165, 1.54) is 0 Å². The molecule has 0 spiro atoms. The molecule has 2 rings (SSSR count). The first kappa shape index (κ1) is 14.7. The highest BCUT2D eigenvalue weighted by molar-refractivity contribution is 7.98. The van der Waals surface area contributed by atoms with Gasteiger partial charge >= 0.3 is 0 Å². The normalized spacial score (nSPS) is 13.7. The number of benzene rings is 1. The summed E-state index contributed by atoms with van der Waals surface area (Å²) in [7, 11) is 0. The van der Waals surface area contributed by atoms with E-state index in [2.05, 4.69) is 10.4 Å². The Bertz CT molecular complexity index is 527. The third kappa shape index (κ3) is 3.63. The van der Waals surface area contributed by atoms with Crippen LogP contribution in [0, 0.1) is 0 Å². The highest BCUT2D eigenvalue weighted by atomic mass is 32.2. The largest absolute Gasteiger partial charge is 0.347 e. The minimum absolute atomic E-state index is 0.0170. The molecule has 0 radical (unpaired) electrons.